The maximum absolute atomic E-state index is 12.6. The zero-order valence-electron chi connectivity index (χ0n) is 12.8. The van der Waals surface area contributed by atoms with Gasteiger partial charge in [-0.25, -0.2) is 0 Å². The molecular formula is C17H17N3O2. The molecule has 0 aliphatic rings. The summed E-state index contributed by atoms with van der Waals surface area (Å²) in [6.07, 6.45) is 1.71. The van der Waals surface area contributed by atoms with E-state index in [9.17, 15) is 4.79 Å². The van der Waals surface area contributed by atoms with Crippen LogP contribution in [0.3, 0.4) is 0 Å². The highest BCUT2D eigenvalue weighted by atomic mass is 16.5. The van der Waals surface area contributed by atoms with Crippen LogP contribution >= 0.6 is 0 Å². The van der Waals surface area contributed by atoms with E-state index in [1.165, 1.54) is 0 Å². The van der Waals surface area contributed by atoms with E-state index in [2.05, 4.69) is 15.5 Å². The van der Waals surface area contributed by atoms with Crippen LogP contribution < -0.4 is 5.32 Å². The Morgan fingerprint density at radius 1 is 1.23 bits per heavy atom. The molecule has 0 spiro atoms. The topological polar surface area (TPSA) is 68.0 Å². The van der Waals surface area contributed by atoms with Gasteiger partial charge in [-0.05, 0) is 19.1 Å². The number of aryl methyl sites for hydroxylation is 1. The van der Waals surface area contributed by atoms with Crippen molar-refractivity contribution in [2.75, 3.05) is 5.32 Å². The average Bonchev–Trinajstić information content (AvgIpc) is 2.90. The second-order valence-corrected chi connectivity index (χ2v) is 5.50. The Morgan fingerprint density at radius 2 is 2.00 bits per heavy atom. The van der Waals surface area contributed by atoms with Gasteiger partial charge in [-0.1, -0.05) is 37.2 Å². The largest absolute Gasteiger partial charge is 0.360 e. The predicted octanol–water partition coefficient (Wildman–Crippen LogP) is 3.91. The number of hydrogen-bond donors (Lipinski definition) is 1. The molecule has 0 bridgehead atoms. The third-order valence-electron chi connectivity index (χ3n) is 3.52. The van der Waals surface area contributed by atoms with E-state index in [0.29, 0.717) is 22.7 Å². The fraction of sp³-hybridized carbons (Fsp3) is 0.235. The Morgan fingerprint density at radius 3 is 2.77 bits per heavy atom. The zero-order chi connectivity index (χ0) is 15.7. The van der Waals surface area contributed by atoms with E-state index in [0.717, 1.165) is 10.9 Å². The highest BCUT2D eigenvalue weighted by molar-refractivity contribution is 6.09. The number of nitrogens with zero attached hydrogens (tertiary/aromatic N) is 2. The van der Waals surface area contributed by atoms with E-state index in [-0.39, 0.29) is 11.8 Å². The molecule has 22 heavy (non-hydrogen) atoms. The monoisotopic (exact) mass is 295 g/mol. The number of rotatable bonds is 3. The van der Waals surface area contributed by atoms with Gasteiger partial charge in [-0.3, -0.25) is 9.78 Å². The average molecular weight is 295 g/mol. The maximum atomic E-state index is 12.6. The van der Waals surface area contributed by atoms with Gasteiger partial charge >= 0.3 is 0 Å². The maximum Gasteiger partial charge on any atom is 0.261 e. The predicted molar refractivity (Wildman–Crippen MR) is 85.0 cm³/mol. The highest BCUT2D eigenvalue weighted by Gasteiger charge is 2.23. The van der Waals surface area contributed by atoms with Crippen molar-refractivity contribution in [2.24, 2.45) is 0 Å². The van der Waals surface area contributed by atoms with Gasteiger partial charge in [-0.15, -0.1) is 0 Å². The summed E-state index contributed by atoms with van der Waals surface area (Å²) in [5.74, 6) is 0.469. The van der Waals surface area contributed by atoms with Crippen molar-refractivity contribution in [3.8, 4) is 0 Å². The first kappa shape index (κ1) is 14.3. The Labute approximate surface area is 128 Å². The molecule has 1 aromatic carbocycles. The minimum Gasteiger partial charge on any atom is -0.360 e. The lowest BCUT2D eigenvalue weighted by Gasteiger charge is -2.09. The molecule has 0 saturated heterocycles. The molecular weight excluding hydrogens is 278 g/mol. The van der Waals surface area contributed by atoms with Gasteiger partial charge in [0.25, 0.3) is 5.91 Å². The standard InChI is InChI=1S/C17H17N3O2/c1-10(2)16-14(11(3)20-22-16)17(21)19-13-8-4-6-12-7-5-9-18-15(12)13/h4-10H,1-3H3,(H,19,21). The van der Waals surface area contributed by atoms with Gasteiger partial charge < -0.3 is 9.84 Å². The third kappa shape index (κ3) is 2.45. The molecule has 5 nitrogen and oxygen atoms in total. The Balaban J connectivity index is 1.99. The summed E-state index contributed by atoms with van der Waals surface area (Å²) in [6, 6.07) is 9.52. The molecule has 0 saturated carbocycles. The molecule has 0 aliphatic carbocycles. The number of pyridine rings is 1. The quantitative estimate of drug-likeness (QED) is 0.795. The molecule has 0 radical (unpaired) electrons. The van der Waals surface area contributed by atoms with Gasteiger partial charge in [0.05, 0.1) is 16.9 Å². The van der Waals surface area contributed by atoms with Gasteiger partial charge in [-0.2, -0.15) is 0 Å². The van der Waals surface area contributed by atoms with Crippen molar-refractivity contribution in [1.29, 1.82) is 0 Å². The number of aromatic nitrogens is 2. The summed E-state index contributed by atoms with van der Waals surface area (Å²) in [5, 5.41) is 7.81. The minimum absolute atomic E-state index is 0.0904. The van der Waals surface area contributed by atoms with Crippen LogP contribution in [-0.4, -0.2) is 16.0 Å². The summed E-state index contributed by atoms with van der Waals surface area (Å²) in [4.78, 5) is 17.0. The summed E-state index contributed by atoms with van der Waals surface area (Å²) in [6.45, 7) is 5.71. The molecule has 0 aliphatic heterocycles. The number of para-hydroxylation sites is 1. The number of anilines is 1. The molecule has 2 aromatic heterocycles. The summed E-state index contributed by atoms with van der Waals surface area (Å²) in [7, 11) is 0. The van der Waals surface area contributed by atoms with Gasteiger partial charge in [0.1, 0.15) is 5.56 Å². The summed E-state index contributed by atoms with van der Waals surface area (Å²) in [5.41, 5.74) is 2.54. The second-order valence-electron chi connectivity index (χ2n) is 5.50. The number of benzene rings is 1. The molecule has 0 atom stereocenters. The van der Waals surface area contributed by atoms with Crippen LogP contribution in [0.15, 0.2) is 41.1 Å². The number of nitrogens with one attached hydrogen (secondary N) is 1. The Kier molecular flexibility index (Phi) is 3.63. The molecule has 1 N–H and O–H groups in total. The molecule has 112 valence electrons. The number of carbonyl (C=O) groups excluding carboxylic acids is 1. The SMILES string of the molecule is Cc1noc(C(C)C)c1C(=O)Nc1cccc2cccnc12. The number of fused-ring (bicyclic) bond motifs is 1. The van der Waals surface area contributed by atoms with Crippen LogP contribution in [-0.2, 0) is 0 Å². The zero-order valence-corrected chi connectivity index (χ0v) is 12.8. The van der Waals surface area contributed by atoms with Crippen molar-refractivity contribution >= 4 is 22.5 Å². The molecule has 2 heterocycles. The van der Waals surface area contributed by atoms with Crippen molar-refractivity contribution < 1.29 is 9.32 Å². The fourth-order valence-electron chi connectivity index (χ4n) is 2.45. The van der Waals surface area contributed by atoms with Gasteiger partial charge in [0.15, 0.2) is 5.76 Å². The van der Waals surface area contributed by atoms with E-state index in [4.69, 9.17) is 4.52 Å². The highest BCUT2D eigenvalue weighted by Crippen LogP contribution is 2.25. The normalized spacial score (nSPS) is 11.1. The first-order valence-electron chi connectivity index (χ1n) is 7.19. The smallest absolute Gasteiger partial charge is 0.261 e. The van der Waals surface area contributed by atoms with Crippen LogP contribution in [0.1, 0.15) is 41.6 Å². The lowest BCUT2D eigenvalue weighted by Crippen LogP contribution is -2.15. The van der Waals surface area contributed by atoms with E-state index in [1.807, 2.05) is 44.2 Å². The molecule has 3 aromatic rings. The second kappa shape index (κ2) is 5.60. The molecule has 0 fully saturated rings. The molecule has 0 unspecified atom stereocenters. The number of amides is 1. The van der Waals surface area contributed by atoms with Crippen LogP contribution in [0, 0.1) is 6.92 Å². The van der Waals surface area contributed by atoms with Crippen molar-refractivity contribution in [3.05, 3.63) is 53.5 Å². The van der Waals surface area contributed by atoms with Crippen molar-refractivity contribution in [1.82, 2.24) is 10.1 Å². The Bertz CT molecular complexity index is 832. The van der Waals surface area contributed by atoms with Crippen molar-refractivity contribution in [3.63, 3.8) is 0 Å². The lowest BCUT2D eigenvalue weighted by molar-refractivity contribution is 0.102. The number of hydrogen-bond acceptors (Lipinski definition) is 4. The summed E-state index contributed by atoms with van der Waals surface area (Å²) >= 11 is 0. The lowest BCUT2D eigenvalue weighted by atomic mass is 10.0. The fourth-order valence-corrected chi connectivity index (χ4v) is 2.45. The molecule has 5 heteroatoms. The van der Waals surface area contributed by atoms with Gasteiger partial charge in [0, 0.05) is 17.5 Å². The van der Waals surface area contributed by atoms with Crippen molar-refractivity contribution in [2.45, 2.75) is 26.7 Å². The Hall–Kier alpha value is -2.69. The van der Waals surface area contributed by atoms with Crippen LogP contribution in [0.25, 0.3) is 10.9 Å². The minimum atomic E-state index is -0.222. The molecule has 1 amide bonds. The van der Waals surface area contributed by atoms with Gasteiger partial charge in [0.2, 0.25) is 0 Å². The van der Waals surface area contributed by atoms with E-state index < -0.39 is 0 Å². The van der Waals surface area contributed by atoms with E-state index >= 15 is 0 Å². The summed E-state index contributed by atoms with van der Waals surface area (Å²) < 4.78 is 5.28. The first-order chi connectivity index (χ1) is 10.6. The number of carbonyl (C=O) groups is 1. The van der Waals surface area contributed by atoms with Crippen LogP contribution in [0.2, 0.25) is 0 Å². The first-order valence-corrected chi connectivity index (χ1v) is 7.19. The van der Waals surface area contributed by atoms with Crippen LogP contribution in [0.5, 0.6) is 0 Å². The van der Waals surface area contributed by atoms with Crippen LogP contribution in [0.4, 0.5) is 5.69 Å². The molecule has 3 rings (SSSR count). The van der Waals surface area contributed by atoms with E-state index in [1.54, 1.807) is 13.1 Å². The third-order valence-corrected chi connectivity index (χ3v) is 3.52.